The normalized spacial score (nSPS) is 13.0. The van der Waals surface area contributed by atoms with E-state index in [-0.39, 0.29) is 10.8 Å². The van der Waals surface area contributed by atoms with Crippen LogP contribution < -0.4 is 9.80 Å². The van der Waals surface area contributed by atoms with Gasteiger partial charge in [-0.3, -0.25) is 0 Å². The highest BCUT2D eigenvalue weighted by Crippen LogP contribution is 2.58. The molecule has 0 fully saturated rings. The van der Waals surface area contributed by atoms with Gasteiger partial charge in [-0.15, -0.1) is 0 Å². The Morgan fingerprint density at radius 1 is 0.267 bits per heavy atom. The average Bonchev–Trinajstić information content (AvgIpc) is 1.59. The Kier molecular flexibility index (Phi) is 16.0. The second-order valence-electron chi connectivity index (χ2n) is 23.9. The van der Waals surface area contributed by atoms with E-state index in [9.17, 15) is 0 Å². The van der Waals surface area contributed by atoms with Crippen LogP contribution in [0.1, 0.15) is 149 Å². The van der Waals surface area contributed by atoms with E-state index in [1.54, 1.807) is 0 Å². The topological polar surface area (TPSA) is 6.48 Å². The van der Waals surface area contributed by atoms with E-state index < -0.39 is 0 Å². The number of benzene rings is 11. The minimum absolute atomic E-state index is 0.130. The van der Waals surface area contributed by atoms with Crippen molar-refractivity contribution in [2.75, 3.05) is 9.80 Å². The summed E-state index contributed by atoms with van der Waals surface area (Å²) in [5.41, 5.74) is 22.1. The van der Waals surface area contributed by atoms with Crippen molar-refractivity contribution in [1.82, 2.24) is 0 Å². The summed E-state index contributed by atoms with van der Waals surface area (Å²) in [5.74, 6) is 15.3. The molecule has 13 rings (SSSR count). The van der Waals surface area contributed by atoms with E-state index in [0.29, 0.717) is 0 Å². The molecule has 11 aromatic carbocycles. The number of anilines is 6. The van der Waals surface area contributed by atoms with E-state index in [2.05, 4.69) is 304 Å². The lowest BCUT2D eigenvalue weighted by atomic mass is 9.70. The molecule has 0 aliphatic heterocycles. The van der Waals surface area contributed by atoms with Gasteiger partial charge in [0, 0.05) is 67.2 Å². The lowest BCUT2D eigenvalue weighted by Gasteiger charge is -2.34. The van der Waals surface area contributed by atoms with Crippen molar-refractivity contribution >= 4 is 55.7 Å². The Morgan fingerprint density at radius 2 is 0.535 bits per heavy atom. The van der Waals surface area contributed by atoms with Gasteiger partial charge in [0.2, 0.25) is 0 Å². The molecule has 0 unspecified atom stereocenters. The average molecular weight is 1110 g/mol. The summed E-state index contributed by atoms with van der Waals surface area (Å²) in [4.78, 5) is 4.83. The van der Waals surface area contributed by atoms with Gasteiger partial charge in [0.25, 0.3) is 0 Å². The van der Waals surface area contributed by atoms with Gasteiger partial charge in [0.15, 0.2) is 0 Å². The molecule has 0 atom stereocenters. The molecule has 0 amide bonds. The van der Waals surface area contributed by atoms with Gasteiger partial charge in [-0.05, 0) is 189 Å². The van der Waals surface area contributed by atoms with Crippen molar-refractivity contribution < 1.29 is 0 Å². The fraction of sp³-hybridized carbons (Fsp3) is 0.214. The van der Waals surface area contributed by atoms with Gasteiger partial charge in [-0.2, -0.15) is 0 Å². The van der Waals surface area contributed by atoms with E-state index >= 15 is 0 Å². The molecule has 2 aliphatic carbocycles. The Bertz CT molecular complexity index is 3930. The van der Waals surface area contributed by atoms with Gasteiger partial charge < -0.3 is 9.80 Å². The Morgan fingerprint density at radius 3 is 0.826 bits per heavy atom. The van der Waals surface area contributed by atoms with Gasteiger partial charge in [-0.1, -0.05) is 248 Å². The zero-order valence-corrected chi connectivity index (χ0v) is 50.5. The highest BCUT2D eigenvalue weighted by atomic mass is 15.1. The van der Waals surface area contributed by atoms with Crippen LogP contribution >= 0.6 is 0 Å². The summed E-state index contributed by atoms with van der Waals surface area (Å²) in [6.45, 7) is 9.34. The maximum absolute atomic E-state index is 3.84. The fourth-order valence-electron chi connectivity index (χ4n) is 14.5. The van der Waals surface area contributed by atoms with E-state index in [0.717, 1.165) is 144 Å². The summed E-state index contributed by atoms with van der Waals surface area (Å²) >= 11 is 0. The zero-order valence-electron chi connectivity index (χ0n) is 50.5. The highest BCUT2D eigenvalue weighted by molar-refractivity contribution is 6.10. The molecule has 86 heavy (non-hydrogen) atoms. The molecule has 2 heteroatoms. The second-order valence-corrected chi connectivity index (χ2v) is 23.9. The first kappa shape index (κ1) is 55.8. The smallest absolute Gasteiger partial charge is 0.0465 e. The van der Waals surface area contributed by atoms with Gasteiger partial charge in [-0.25, -0.2) is 0 Å². The first-order valence-electron chi connectivity index (χ1n) is 31.8. The number of para-hydroxylation sites is 4. The minimum atomic E-state index is -0.130. The van der Waals surface area contributed by atoms with Crippen molar-refractivity contribution in [2.45, 2.75) is 116 Å². The molecular formula is C84H76N2. The summed E-state index contributed by atoms with van der Waals surface area (Å²) < 4.78 is 0. The van der Waals surface area contributed by atoms with Crippen LogP contribution in [0, 0.1) is 23.7 Å². The molecule has 2 aliphatic rings. The van der Waals surface area contributed by atoms with E-state index in [1.807, 2.05) is 0 Å². The number of rotatable bonds is 18. The second kappa shape index (κ2) is 24.7. The van der Waals surface area contributed by atoms with Crippen molar-refractivity contribution in [3.05, 3.63) is 287 Å². The molecular weight excluding hydrogens is 1040 g/mol. The molecule has 2 nitrogen and oxygen atoms in total. The predicted octanol–water partition coefficient (Wildman–Crippen LogP) is 23.0. The van der Waals surface area contributed by atoms with Crippen molar-refractivity contribution in [3.63, 3.8) is 0 Å². The quantitative estimate of drug-likeness (QED) is 0.0624. The Hall–Kier alpha value is -9.34. The molecule has 0 saturated heterocycles. The molecule has 0 saturated carbocycles. The Balaban J connectivity index is 0.886. The summed E-state index contributed by atoms with van der Waals surface area (Å²) in [6, 6.07) is 89.6. The number of unbranched alkanes of at least 4 members (excludes halogenated alkanes) is 4. The standard InChI is InChI=1S/C84H76N2/c1-5-9-53-83(54-10-6-2)79-57-61(43-49-75(79)77-51-45-67(59-81(77)83)85(63-29-17-13-18-30-63)64-31-19-14-20-32-64)41-47-73-69-37-25-27-39-71(69)74(72-40-28-26-38-70(72)73)48-42-62-44-50-76-78-52-46-68(86(65-33-21-15-22-34-65)66-35-23-16-24-36-66)60-82(78)84(55-11-7-3,56-12-8-4)80(76)58-62/h13-40,43-46,49-52,57-60H,5-12,53-56H2,1-4H3. The number of hydrogen-bond donors (Lipinski definition) is 0. The number of fused-ring (bicyclic) bond motifs is 8. The largest absolute Gasteiger partial charge is 0.310 e. The minimum Gasteiger partial charge on any atom is -0.310 e. The molecule has 0 spiro atoms. The van der Waals surface area contributed by atoms with Crippen LogP contribution in [0.5, 0.6) is 0 Å². The third-order valence-corrected chi connectivity index (χ3v) is 18.7. The van der Waals surface area contributed by atoms with Crippen LogP contribution in [-0.2, 0) is 10.8 Å². The lowest BCUT2D eigenvalue weighted by molar-refractivity contribution is 0.414. The summed E-state index contributed by atoms with van der Waals surface area (Å²) in [5, 5.41) is 4.52. The monoisotopic (exact) mass is 1110 g/mol. The molecule has 0 bridgehead atoms. The van der Waals surface area contributed by atoms with Crippen LogP contribution in [0.15, 0.2) is 243 Å². The van der Waals surface area contributed by atoms with Crippen LogP contribution in [0.4, 0.5) is 34.1 Å². The zero-order chi connectivity index (χ0) is 58.5. The third-order valence-electron chi connectivity index (χ3n) is 18.7. The maximum Gasteiger partial charge on any atom is 0.0465 e. The Labute approximate surface area is 511 Å². The van der Waals surface area contributed by atoms with Crippen molar-refractivity contribution in [1.29, 1.82) is 0 Å². The van der Waals surface area contributed by atoms with Gasteiger partial charge in [0.1, 0.15) is 0 Å². The van der Waals surface area contributed by atoms with Gasteiger partial charge >= 0.3 is 0 Å². The molecule has 11 aromatic rings. The molecule has 0 aromatic heterocycles. The number of nitrogens with zero attached hydrogens (tertiary/aromatic N) is 2. The maximum atomic E-state index is 3.84. The first-order valence-corrected chi connectivity index (χ1v) is 31.8. The van der Waals surface area contributed by atoms with Gasteiger partial charge in [0.05, 0.1) is 0 Å². The van der Waals surface area contributed by atoms with Crippen LogP contribution in [0.3, 0.4) is 0 Å². The van der Waals surface area contributed by atoms with E-state index in [1.165, 1.54) is 55.9 Å². The van der Waals surface area contributed by atoms with Crippen LogP contribution in [0.2, 0.25) is 0 Å². The highest BCUT2D eigenvalue weighted by Gasteiger charge is 2.44. The van der Waals surface area contributed by atoms with E-state index in [4.69, 9.17) is 0 Å². The SMILES string of the molecule is CCCCC1(CCCC)c2cc(C#Cc3c4ccccc4c(C#Cc4ccc5c(c4)C(CCCC)(CCCC)c4cc(N(c6ccccc6)c6ccccc6)ccc4-5)c4ccccc34)ccc2-c2ccc(N(c3ccccc3)c3ccccc3)cc21. The molecule has 422 valence electrons. The third kappa shape index (κ3) is 10.3. The molecule has 0 N–H and O–H groups in total. The van der Waals surface area contributed by atoms with Crippen LogP contribution in [-0.4, -0.2) is 0 Å². The lowest BCUT2D eigenvalue weighted by Crippen LogP contribution is -2.26. The first-order chi connectivity index (χ1) is 42.5. The van der Waals surface area contributed by atoms with Crippen LogP contribution in [0.25, 0.3) is 43.8 Å². The molecule has 0 heterocycles. The van der Waals surface area contributed by atoms with Crippen molar-refractivity contribution in [3.8, 4) is 45.9 Å². The number of hydrogen-bond acceptors (Lipinski definition) is 2. The summed E-state index contributed by atoms with van der Waals surface area (Å²) in [6.07, 6.45) is 13.6. The molecule has 0 radical (unpaired) electrons. The summed E-state index contributed by atoms with van der Waals surface area (Å²) in [7, 11) is 0. The van der Waals surface area contributed by atoms with Crippen molar-refractivity contribution in [2.24, 2.45) is 0 Å². The fourth-order valence-corrected chi connectivity index (χ4v) is 14.5. The predicted molar refractivity (Wildman–Crippen MR) is 366 cm³/mol.